The van der Waals surface area contributed by atoms with Crippen molar-refractivity contribution < 1.29 is 29.0 Å². The van der Waals surface area contributed by atoms with Crippen LogP contribution in [-0.4, -0.2) is 40.6 Å². The molecule has 1 aliphatic rings. The zero-order valence-corrected chi connectivity index (χ0v) is 19.0. The van der Waals surface area contributed by atoms with Gasteiger partial charge in [0, 0.05) is 13.8 Å². The summed E-state index contributed by atoms with van der Waals surface area (Å²) in [6, 6.07) is 0. The molecule has 0 heterocycles. The molecule has 0 saturated carbocycles. The fourth-order valence-corrected chi connectivity index (χ4v) is 3.98. The molecule has 0 unspecified atom stereocenters. The zero-order chi connectivity index (χ0) is 22.4. The maximum absolute atomic E-state index is 12.3. The van der Waals surface area contributed by atoms with E-state index < -0.39 is 35.5 Å². The molecule has 1 aliphatic carbocycles. The Hall–Kier alpha value is -1.69. The summed E-state index contributed by atoms with van der Waals surface area (Å²) in [5.41, 5.74) is -2.05. The molecule has 1 N–H and O–H groups in total. The van der Waals surface area contributed by atoms with Gasteiger partial charge in [0.2, 0.25) is 5.60 Å². The van der Waals surface area contributed by atoms with Gasteiger partial charge in [0.05, 0.1) is 0 Å². The van der Waals surface area contributed by atoms with Crippen molar-refractivity contribution in [3.05, 3.63) is 12.2 Å². The van der Waals surface area contributed by atoms with Crippen molar-refractivity contribution in [3.8, 4) is 0 Å². The van der Waals surface area contributed by atoms with Gasteiger partial charge in [-0.05, 0) is 25.0 Å². The SMILES string of the molecule is CCCCCCCCCCCCCC[C@@H](OC(C)=O)[C@@]1(O)C(=O)C=C[C@H]1OC(C)=O. The summed E-state index contributed by atoms with van der Waals surface area (Å²) in [6.07, 6.45) is 15.0. The van der Waals surface area contributed by atoms with Crippen molar-refractivity contribution in [2.24, 2.45) is 0 Å². The summed E-state index contributed by atoms with van der Waals surface area (Å²) < 4.78 is 10.4. The standard InChI is InChI=1S/C24H40O6/c1-4-5-6-7-8-9-10-11-12-13-14-15-16-22(29-19(2)25)24(28)21(27)17-18-23(24)30-20(3)26/h17-18,22-23,28H,4-16H2,1-3H3/t22-,23-,24+/m1/s1. The van der Waals surface area contributed by atoms with Gasteiger partial charge in [-0.1, -0.05) is 77.6 Å². The molecule has 172 valence electrons. The lowest BCUT2D eigenvalue weighted by Crippen LogP contribution is -2.56. The monoisotopic (exact) mass is 424 g/mol. The van der Waals surface area contributed by atoms with E-state index in [1.165, 1.54) is 77.4 Å². The van der Waals surface area contributed by atoms with Crippen LogP contribution in [0.1, 0.15) is 104 Å². The second-order valence-corrected chi connectivity index (χ2v) is 8.35. The van der Waals surface area contributed by atoms with Gasteiger partial charge in [-0.15, -0.1) is 0 Å². The molecule has 1 rings (SSSR count). The van der Waals surface area contributed by atoms with E-state index in [9.17, 15) is 19.5 Å². The molecule has 6 heteroatoms. The van der Waals surface area contributed by atoms with Crippen molar-refractivity contribution in [1.82, 2.24) is 0 Å². The average Bonchev–Trinajstić information content (AvgIpc) is 2.96. The maximum Gasteiger partial charge on any atom is 0.303 e. The number of hydrogen-bond donors (Lipinski definition) is 1. The van der Waals surface area contributed by atoms with E-state index in [1.807, 2.05) is 0 Å². The summed E-state index contributed by atoms with van der Waals surface area (Å²) in [4.78, 5) is 35.2. The highest BCUT2D eigenvalue weighted by Gasteiger charge is 2.54. The van der Waals surface area contributed by atoms with Gasteiger partial charge in [-0.2, -0.15) is 0 Å². The number of carbonyl (C=O) groups excluding carboxylic acids is 3. The molecular weight excluding hydrogens is 384 g/mol. The number of esters is 2. The summed E-state index contributed by atoms with van der Waals surface area (Å²) in [5.74, 6) is -1.78. The first-order valence-electron chi connectivity index (χ1n) is 11.6. The van der Waals surface area contributed by atoms with Gasteiger partial charge in [0.15, 0.2) is 11.9 Å². The van der Waals surface area contributed by atoms with Crippen LogP contribution < -0.4 is 0 Å². The van der Waals surface area contributed by atoms with Crippen LogP contribution in [0.25, 0.3) is 0 Å². The second kappa shape index (κ2) is 14.3. The second-order valence-electron chi connectivity index (χ2n) is 8.35. The van der Waals surface area contributed by atoms with E-state index >= 15 is 0 Å². The number of hydrogen-bond acceptors (Lipinski definition) is 6. The quantitative estimate of drug-likeness (QED) is 0.282. The summed E-state index contributed by atoms with van der Waals surface area (Å²) in [6.45, 7) is 4.69. The first-order valence-corrected chi connectivity index (χ1v) is 11.6. The molecule has 30 heavy (non-hydrogen) atoms. The molecule has 0 radical (unpaired) electrons. The number of aliphatic hydroxyl groups is 1. The third-order valence-corrected chi connectivity index (χ3v) is 5.66. The van der Waals surface area contributed by atoms with Crippen LogP contribution in [0.5, 0.6) is 0 Å². The minimum Gasteiger partial charge on any atom is -0.459 e. The smallest absolute Gasteiger partial charge is 0.303 e. The molecule has 0 spiro atoms. The predicted octanol–water partition coefficient (Wildman–Crippen LogP) is 4.81. The van der Waals surface area contributed by atoms with E-state index in [0.29, 0.717) is 6.42 Å². The van der Waals surface area contributed by atoms with E-state index in [0.717, 1.165) is 25.7 Å². The molecule has 0 bridgehead atoms. The summed E-state index contributed by atoms with van der Waals surface area (Å²) in [5, 5.41) is 11.0. The zero-order valence-electron chi connectivity index (χ0n) is 19.0. The normalized spacial score (nSPS) is 21.6. The van der Waals surface area contributed by atoms with Gasteiger partial charge in [0.1, 0.15) is 6.10 Å². The fraction of sp³-hybridized carbons (Fsp3) is 0.792. The summed E-state index contributed by atoms with van der Waals surface area (Å²) in [7, 11) is 0. The highest BCUT2D eigenvalue weighted by Crippen LogP contribution is 2.32. The Balaban J connectivity index is 2.36. The van der Waals surface area contributed by atoms with Gasteiger partial charge in [-0.25, -0.2) is 0 Å². The van der Waals surface area contributed by atoms with Gasteiger partial charge in [-0.3, -0.25) is 14.4 Å². The number of unbranched alkanes of at least 4 members (excludes halogenated alkanes) is 11. The average molecular weight is 425 g/mol. The molecule has 0 aromatic carbocycles. The van der Waals surface area contributed by atoms with Crippen LogP contribution in [0, 0.1) is 0 Å². The first-order chi connectivity index (χ1) is 14.3. The summed E-state index contributed by atoms with van der Waals surface area (Å²) >= 11 is 0. The molecule has 0 aliphatic heterocycles. The Bertz CT molecular complexity index is 570. The fourth-order valence-electron chi connectivity index (χ4n) is 3.98. The van der Waals surface area contributed by atoms with Crippen molar-refractivity contribution in [1.29, 1.82) is 0 Å². The van der Waals surface area contributed by atoms with Gasteiger partial charge in [0.25, 0.3) is 0 Å². The van der Waals surface area contributed by atoms with E-state index in [1.54, 1.807) is 0 Å². The lowest BCUT2D eigenvalue weighted by Gasteiger charge is -2.34. The lowest BCUT2D eigenvalue weighted by atomic mass is 9.87. The topological polar surface area (TPSA) is 89.9 Å². The molecular formula is C24H40O6. The van der Waals surface area contributed by atoms with Crippen LogP contribution in [0.4, 0.5) is 0 Å². The molecule has 0 aromatic rings. The molecule has 3 atom stereocenters. The minimum absolute atomic E-state index is 0.346. The van der Waals surface area contributed by atoms with Crippen molar-refractivity contribution in [2.75, 3.05) is 0 Å². The number of rotatable bonds is 16. The molecule has 6 nitrogen and oxygen atoms in total. The van der Waals surface area contributed by atoms with E-state index in [2.05, 4.69) is 6.92 Å². The molecule has 0 aromatic heterocycles. The first kappa shape index (κ1) is 26.3. The van der Waals surface area contributed by atoms with Crippen molar-refractivity contribution in [3.63, 3.8) is 0 Å². The van der Waals surface area contributed by atoms with Crippen LogP contribution in [-0.2, 0) is 23.9 Å². The van der Waals surface area contributed by atoms with E-state index in [-0.39, 0.29) is 0 Å². The Kier molecular flexibility index (Phi) is 12.6. The molecule has 0 saturated heterocycles. The predicted molar refractivity (Wildman–Crippen MR) is 116 cm³/mol. The Morgan fingerprint density at radius 3 is 1.90 bits per heavy atom. The largest absolute Gasteiger partial charge is 0.459 e. The van der Waals surface area contributed by atoms with Crippen LogP contribution in [0.3, 0.4) is 0 Å². The van der Waals surface area contributed by atoms with E-state index in [4.69, 9.17) is 9.47 Å². The van der Waals surface area contributed by atoms with Gasteiger partial charge >= 0.3 is 11.9 Å². The third-order valence-electron chi connectivity index (χ3n) is 5.66. The molecule has 0 amide bonds. The van der Waals surface area contributed by atoms with Crippen molar-refractivity contribution in [2.45, 2.75) is 122 Å². The highest BCUT2D eigenvalue weighted by molar-refractivity contribution is 6.01. The van der Waals surface area contributed by atoms with Crippen LogP contribution in [0.2, 0.25) is 0 Å². The van der Waals surface area contributed by atoms with Crippen LogP contribution >= 0.6 is 0 Å². The Morgan fingerprint density at radius 1 is 0.933 bits per heavy atom. The van der Waals surface area contributed by atoms with Crippen LogP contribution in [0.15, 0.2) is 12.2 Å². The Morgan fingerprint density at radius 2 is 1.43 bits per heavy atom. The minimum atomic E-state index is -2.05. The maximum atomic E-state index is 12.3. The molecule has 0 fully saturated rings. The number of carbonyl (C=O) groups is 3. The lowest BCUT2D eigenvalue weighted by molar-refractivity contribution is -0.186. The Labute approximate surface area is 181 Å². The number of ether oxygens (including phenoxy) is 2. The van der Waals surface area contributed by atoms with Gasteiger partial charge < -0.3 is 14.6 Å². The highest BCUT2D eigenvalue weighted by atomic mass is 16.6. The number of ketones is 1. The van der Waals surface area contributed by atoms with Crippen molar-refractivity contribution >= 4 is 17.7 Å². The third kappa shape index (κ3) is 8.99.